The average Bonchev–Trinajstić information content (AvgIpc) is 2.09. The van der Waals surface area contributed by atoms with E-state index in [-0.39, 0.29) is 11.6 Å². The van der Waals surface area contributed by atoms with E-state index in [2.05, 4.69) is 20.9 Å². The third-order valence-electron chi connectivity index (χ3n) is 1.44. The summed E-state index contributed by atoms with van der Waals surface area (Å²) >= 11 is 10.7. The molecule has 0 aliphatic carbocycles. The molecule has 1 rings (SSSR count). The monoisotopic (exact) mass is 381 g/mol. The van der Waals surface area contributed by atoms with Gasteiger partial charge in [0.2, 0.25) is 0 Å². The molecule has 1 aromatic rings. The van der Waals surface area contributed by atoms with Crippen molar-refractivity contribution in [2.75, 3.05) is 0 Å². The van der Waals surface area contributed by atoms with Crippen LogP contribution in [0.15, 0.2) is 10.7 Å². The van der Waals surface area contributed by atoms with Crippen LogP contribution in [0.25, 0.3) is 0 Å². The molecule has 0 aliphatic heterocycles. The molecule has 0 atom stereocenters. The molecule has 0 saturated heterocycles. The second-order valence-electron chi connectivity index (χ2n) is 2.22. The molecule has 0 N–H and O–H groups in total. The van der Waals surface area contributed by atoms with Gasteiger partial charge >= 0.3 is 0 Å². The molecular formula is C7H4BrClF2IN. The van der Waals surface area contributed by atoms with Crippen molar-refractivity contribution in [1.82, 2.24) is 4.98 Å². The van der Waals surface area contributed by atoms with Crippen molar-refractivity contribution in [1.29, 1.82) is 0 Å². The molecule has 6 heteroatoms. The molecule has 0 aliphatic rings. The molecule has 0 amide bonds. The second kappa shape index (κ2) is 4.84. The topological polar surface area (TPSA) is 12.9 Å². The van der Waals surface area contributed by atoms with Crippen LogP contribution in [-0.4, -0.2) is 4.98 Å². The zero-order valence-corrected chi connectivity index (χ0v) is 10.7. The normalized spacial score (nSPS) is 10.9. The first-order chi connectivity index (χ1) is 6.07. The van der Waals surface area contributed by atoms with Gasteiger partial charge in [-0.25, -0.2) is 8.78 Å². The molecule has 0 aromatic carbocycles. The fourth-order valence-corrected chi connectivity index (χ4v) is 2.28. The van der Waals surface area contributed by atoms with E-state index in [9.17, 15) is 8.78 Å². The lowest BCUT2D eigenvalue weighted by molar-refractivity contribution is 0.145. The third kappa shape index (κ3) is 2.50. The predicted molar refractivity (Wildman–Crippen MR) is 59.2 cm³/mol. The van der Waals surface area contributed by atoms with Crippen LogP contribution in [-0.2, 0) is 5.88 Å². The van der Waals surface area contributed by atoms with Gasteiger partial charge in [-0.3, -0.25) is 4.98 Å². The molecule has 0 bridgehead atoms. The molecule has 0 fully saturated rings. The number of hydrogen-bond donors (Lipinski definition) is 0. The maximum absolute atomic E-state index is 12.4. The van der Waals surface area contributed by atoms with Crippen molar-refractivity contribution >= 4 is 50.1 Å². The Morgan fingerprint density at radius 2 is 2.23 bits per heavy atom. The summed E-state index contributed by atoms with van der Waals surface area (Å²) in [4.78, 5) is 3.62. The van der Waals surface area contributed by atoms with E-state index in [0.717, 1.165) is 0 Å². The molecule has 0 spiro atoms. The fraction of sp³-hybridized carbons (Fsp3) is 0.286. The quantitative estimate of drug-likeness (QED) is 0.554. The van der Waals surface area contributed by atoms with Gasteiger partial charge in [0.25, 0.3) is 6.43 Å². The summed E-state index contributed by atoms with van der Waals surface area (Å²) in [5, 5.41) is 0. The Morgan fingerprint density at radius 1 is 1.62 bits per heavy atom. The molecule has 0 unspecified atom stereocenters. The van der Waals surface area contributed by atoms with Crippen LogP contribution in [0.2, 0.25) is 0 Å². The highest BCUT2D eigenvalue weighted by Crippen LogP contribution is 2.30. The summed E-state index contributed by atoms with van der Waals surface area (Å²) in [6.45, 7) is 0. The summed E-state index contributed by atoms with van der Waals surface area (Å²) in [6, 6.07) is 0. The summed E-state index contributed by atoms with van der Waals surface area (Å²) in [6.07, 6.45) is -1.21. The maximum Gasteiger partial charge on any atom is 0.280 e. The molecule has 72 valence electrons. The van der Waals surface area contributed by atoms with Crippen LogP contribution in [0, 0.1) is 3.57 Å². The number of aromatic nitrogens is 1. The van der Waals surface area contributed by atoms with E-state index in [1.807, 2.05) is 22.6 Å². The highest BCUT2D eigenvalue weighted by Gasteiger charge is 2.17. The first kappa shape index (κ1) is 11.6. The van der Waals surface area contributed by atoms with E-state index in [4.69, 9.17) is 11.6 Å². The van der Waals surface area contributed by atoms with E-state index >= 15 is 0 Å². The van der Waals surface area contributed by atoms with E-state index in [0.29, 0.717) is 13.6 Å². The summed E-state index contributed by atoms with van der Waals surface area (Å²) in [7, 11) is 0. The Labute approximate surface area is 101 Å². The first-order valence-electron chi connectivity index (χ1n) is 3.24. The van der Waals surface area contributed by atoms with Crippen molar-refractivity contribution in [3.63, 3.8) is 0 Å². The van der Waals surface area contributed by atoms with Crippen LogP contribution < -0.4 is 0 Å². The van der Waals surface area contributed by atoms with Crippen molar-refractivity contribution < 1.29 is 8.78 Å². The molecule has 0 saturated carbocycles. The first-order valence-corrected chi connectivity index (χ1v) is 5.65. The molecule has 1 nitrogen and oxygen atoms in total. The van der Waals surface area contributed by atoms with E-state index in [1.165, 1.54) is 6.20 Å². The molecule has 0 radical (unpaired) electrons. The summed E-state index contributed by atoms with van der Waals surface area (Å²) in [5.74, 6) is 0.0460. The number of alkyl halides is 3. The molecule has 1 aromatic heterocycles. The minimum absolute atomic E-state index is 0.0460. The second-order valence-corrected chi connectivity index (χ2v) is 4.42. The number of halogens is 5. The highest BCUT2D eigenvalue weighted by molar-refractivity contribution is 14.1. The predicted octanol–water partition coefficient (Wildman–Crippen LogP) is 4.13. The Bertz CT molecular complexity index is 322. The standard InChI is InChI=1S/C7H4BrClF2IN/c8-4-2-13-6(7(10)11)3(1-9)5(4)12/h2,7H,1H2. The summed E-state index contributed by atoms with van der Waals surface area (Å²) < 4.78 is 26.2. The smallest absolute Gasteiger partial charge is 0.254 e. The lowest BCUT2D eigenvalue weighted by atomic mass is 10.2. The van der Waals surface area contributed by atoms with Gasteiger partial charge in [-0.2, -0.15) is 0 Å². The lowest BCUT2D eigenvalue weighted by Gasteiger charge is -2.08. The van der Waals surface area contributed by atoms with Crippen LogP contribution in [0.3, 0.4) is 0 Å². The van der Waals surface area contributed by atoms with Gasteiger partial charge in [0.05, 0.1) is 5.88 Å². The minimum atomic E-state index is -2.57. The highest BCUT2D eigenvalue weighted by atomic mass is 127. The summed E-state index contributed by atoms with van der Waals surface area (Å²) in [5.41, 5.74) is 0.161. The largest absolute Gasteiger partial charge is 0.280 e. The third-order valence-corrected chi connectivity index (χ3v) is 4.28. The number of hydrogen-bond acceptors (Lipinski definition) is 1. The van der Waals surface area contributed by atoms with Gasteiger partial charge in [0.1, 0.15) is 5.69 Å². The number of rotatable bonds is 2. The Kier molecular flexibility index (Phi) is 4.31. The van der Waals surface area contributed by atoms with Gasteiger partial charge in [0.15, 0.2) is 0 Å². The zero-order valence-electron chi connectivity index (χ0n) is 6.20. The van der Waals surface area contributed by atoms with Crippen molar-refractivity contribution in [3.05, 3.63) is 25.5 Å². The van der Waals surface area contributed by atoms with Gasteiger partial charge in [-0.05, 0) is 38.5 Å². The van der Waals surface area contributed by atoms with Crippen LogP contribution in [0.1, 0.15) is 17.7 Å². The number of nitrogens with zero attached hydrogens (tertiary/aromatic N) is 1. The Hall–Kier alpha value is 0.510. The van der Waals surface area contributed by atoms with Crippen molar-refractivity contribution in [3.8, 4) is 0 Å². The van der Waals surface area contributed by atoms with E-state index < -0.39 is 6.43 Å². The van der Waals surface area contributed by atoms with Gasteiger partial charge in [-0.15, -0.1) is 11.6 Å². The minimum Gasteiger partial charge on any atom is -0.254 e. The molecule has 13 heavy (non-hydrogen) atoms. The van der Waals surface area contributed by atoms with Crippen LogP contribution in [0.5, 0.6) is 0 Å². The lowest BCUT2D eigenvalue weighted by Crippen LogP contribution is -2.00. The maximum atomic E-state index is 12.4. The molecular weight excluding hydrogens is 378 g/mol. The van der Waals surface area contributed by atoms with Crippen molar-refractivity contribution in [2.24, 2.45) is 0 Å². The Morgan fingerprint density at radius 3 is 2.69 bits per heavy atom. The van der Waals surface area contributed by atoms with E-state index in [1.54, 1.807) is 0 Å². The van der Waals surface area contributed by atoms with Crippen molar-refractivity contribution in [2.45, 2.75) is 12.3 Å². The van der Waals surface area contributed by atoms with Gasteiger partial charge in [0, 0.05) is 19.8 Å². The van der Waals surface area contributed by atoms with Crippen LogP contribution >= 0.6 is 50.1 Å². The molecule has 1 heterocycles. The van der Waals surface area contributed by atoms with Gasteiger partial charge < -0.3 is 0 Å². The van der Waals surface area contributed by atoms with Gasteiger partial charge in [-0.1, -0.05) is 0 Å². The van der Waals surface area contributed by atoms with Crippen LogP contribution in [0.4, 0.5) is 8.78 Å². The average molecular weight is 382 g/mol. The SMILES string of the molecule is FC(F)c1ncc(Br)c(I)c1CCl. The fourth-order valence-electron chi connectivity index (χ4n) is 0.833. The Balaban J connectivity index is 3.30. The zero-order chi connectivity index (χ0) is 10.0. The number of pyridine rings is 1.